The van der Waals surface area contributed by atoms with Crippen molar-refractivity contribution >= 4 is 27.5 Å². The molecule has 2 amide bonds. The first-order chi connectivity index (χ1) is 11.7. The molecule has 25 heavy (non-hydrogen) atoms. The minimum absolute atomic E-state index is 0.0357. The van der Waals surface area contributed by atoms with Gasteiger partial charge in [-0.25, -0.2) is 8.42 Å². The highest BCUT2D eigenvalue weighted by atomic mass is 32.2. The number of anilines is 1. The summed E-state index contributed by atoms with van der Waals surface area (Å²) in [6.45, 7) is 4.02. The van der Waals surface area contributed by atoms with Gasteiger partial charge in [-0.2, -0.15) is 0 Å². The number of carbonyl (C=O) groups is 2. The number of benzene rings is 1. The number of nitrogens with zero attached hydrogens (tertiary/aromatic N) is 2. The van der Waals surface area contributed by atoms with Gasteiger partial charge in [-0.05, 0) is 31.2 Å². The predicted molar refractivity (Wildman–Crippen MR) is 93.7 cm³/mol. The molecule has 1 fully saturated rings. The molecule has 1 aliphatic rings. The zero-order valence-corrected chi connectivity index (χ0v) is 15.1. The average Bonchev–Trinajstić information content (AvgIpc) is 2.76. The zero-order valence-electron chi connectivity index (χ0n) is 14.3. The van der Waals surface area contributed by atoms with Crippen LogP contribution in [0, 0.1) is 0 Å². The lowest BCUT2D eigenvalue weighted by atomic mass is 10.1. The number of aliphatic hydroxyl groups excluding tert-OH is 1. The summed E-state index contributed by atoms with van der Waals surface area (Å²) >= 11 is 0. The number of aliphatic hydroxyl groups is 1. The molecule has 1 heterocycles. The SMILES string of the molecule is CCS(=O)(=O)Nc1ccc(C(=O)N2CCN(C(C)=O)C[C@H](O)C2)cc1. The quantitative estimate of drug-likeness (QED) is 0.784. The molecule has 0 aliphatic carbocycles. The molecule has 1 saturated heterocycles. The van der Waals surface area contributed by atoms with Crippen LogP contribution in [0.3, 0.4) is 0 Å². The van der Waals surface area contributed by atoms with Crippen molar-refractivity contribution < 1.29 is 23.1 Å². The van der Waals surface area contributed by atoms with Crippen LogP contribution in [-0.2, 0) is 14.8 Å². The Morgan fingerprint density at radius 3 is 2.28 bits per heavy atom. The van der Waals surface area contributed by atoms with Crippen LogP contribution in [0.15, 0.2) is 24.3 Å². The van der Waals surface area contributed by atoms with E-state index in [1.165, 1.54) is 47.9 Å². The van der Waals surface area contributed by atoms with E-state index in [0.717, 1.165) is 0 Å². The van der Waals surface area contributed by atoms with Crippen molar-refractivity contribution in [3.63, 3.8) is 0 Å². The third-order valence-electron chi connectivity index (χ3n) is 4.02. The molecular formula is C16H23N3O5S. The van der Waals surface area contributed by atoms with Crippen molar-refractivity contribution in [2.75, 3.05) is 36.7 Å². The van der Waals surface area contributed by atoms with Crippen LogP contribution in [0.4, 0.5) is 5.69 Å². The topological polar surface area (TPSA) is 107 Å². The second kappa shape index (κ2) is 7.83. The van der Waals surface area contributed by atoms with Crippen LogP contribution in [0.2, 0.25) is 0 Å². The number of nitrogens with one attached hydrogen (secondary N) is 1. The van der Waals surface area contributed by atoms with E-state index >= 15 is 0 Å². The van der Waals surface area contributed by atoms with Gasteiger partial charge in [0.1, 0.15) is 0 Å². The summed E-state index contributed by atoms with van der Waals surface area (Å²) in [5.74, 6) is -0.443. The van der Waals surface area contributed by atoms with E-state index in [4.69, 9.17) is 0 Å². The van der Waals surface area contributed by atoms with Gasteiger partial charge in [0.25, 0.3) is 5.91 Å². The summed E-state index contributed by atoms with van der Waals surface area (Å²) in [5.41, 5.74) is 0.778. The largest absolute Gasteiger partial charge is 0.389 e. The Balaban J connectivity index is 2.08. The summed E-state index contributed by atoms with van der Waals surface area (Å²) in [7, 11) is -3.37. The molecule has 0 unspecified atom stereocenters. The van der Waals surface area contributed by atoms with E-state index in [-0.39, 0.29) is 30.7 Å². The second-order valence-electron chi connectivity index (χ2n) is 5.95. The third kappa shape index (κ3) is 5.17. The number of sulfonamides is 1. The highest BCUT2D eigenvalue weighted by molar-refractivity contribution is 7.92. The zero-order chi connectivity index (χ0) is 18.6. The molecule has 0 aromatic heterocycles. The normalized spacial score (nSPS) is 18.6. The number of β-amino-alcohol motifs (C(OH)–C–C–N with tert-alkyl or cyclic N) is 1. The summed E-state index contributed by atoms with van der Waals surface area (Å²) in [6.07, 6.45) is -0.800. The predicted octanol–water partition coefficient (Wildman–Crippen LogP) is 0.113. The van der Waals surface area contributed by atoms with Crippen LogP contribution in [0.25, 0.3) is 0 Å². The van der Waals surface area contributed by atoms with Gasteiger partial charge in [-0.3, -0.25) is 14.3 Å². The van der Waals surface area contributed by atoms with Gasteiger partial charge in [0.15, 0.2) is 0 Å². The number of hydrogen-bond donors (Lipinski definition) is 2. The van der Waals surface area contributed by atoms with Crippen LogP contribution >= 0.6 is 0 Å². The van der Waals surface area contributed by atoms with Crippen LogP contribution in [0.1, 0.15) is 24.2 Å². The van der Waals surface area contributed by atoms with Crippen LogP contribution in [-0.4, -0.2) is 73.2 Å². The second-order valence-corrected chi connectivity index (χ2v) is 7.96. The van der Waals surface area contributed by atoms with Gasteiger partial charge in [-0.1, -0.05) is 0 Å². The van der Waals surface area contributed by atoms with Crippen molar-refractivity contribution in [1.29, 1.82) is 0 Å². The van der Waals surface area contributed by atoms with E-state index < -0.39 is 16.1 Å². The summed E-state index contributed by atoms with van der Waals surface area (Å²) in [6, 6.07) is 6.12. The first kappa shape index (κ1) is 19.2. The Morgan fingerprint density at radius 1 is 1.16 bits per heavy atom. The van der Waals surface area contributed by atoms with Gasteiger partial charge < -0.3 is 14.9 Å². The van der Waals surface area contributed by atoms with E-state index in [0.29, 0.717) is 24.3 Å². The van der Waals surface area contributed by atoms with Crippen LogP contribution < -0.4 is 4.72 Å². The van der Waals surface area contributed by atoms with Gasteiger partial charge in [0.05, 0.1) is 11.9 Å². The van der Waals surface area contributed by atoms with E-state index in [1.807, 2.05) is 0 Å². The van der Waals surface area contributed by atoms with E-state index in [2.05, 4.69) is 4.72 Å². The lowest BCUT2D eigenvalue weighted by Gasteiger charge is -2.21. The first-order valence-corrected chi connectivity index (χ1v) is 9.70. The van der Waals surface area contributed by atoms with Gasteiger partial charge in [0, 0.05) is 44.4 Å². The molecule has 0 radical (unpaired) electrons. The van der Waals surface area contributed by atoms with Crippen molar-refractivity contribution in [1.82, 2.24) is 9.80 Å². The molecule has 1 aliphatic heterocycles. The van der Waals surface area contributed by atoms with Gasteiger partial charge in [0.2, 0.25) is 15.9 Å². The molecule has 2 rings (SSSR count). The maximum Gasteiger partial charge on any atom is 0.254 e. The van der Waals surface area contributed by atoms with Crippen molar-refractivity contribution in [2.45, 2.75) is 20.0 Å². The number of hydrogen-bond acceptors (Lipinski definition) is 5. The smallest absolute Gasteiger partial charge is 0.254 e. The molecule has 8 nitrogen and oxygen atoms in total. The maximum atomic E-state index is 12.6. The molecule has 138 valence electrons. The minimum atomic E-state index is -3.37. The minimum Gasteiger partial charge on any atom is -0.389 e. The third-order valence-corrected chi connectivity index (χ3v) is 5.33. The standard InChI is InChI=1S/C16H23N3O5S/c1-3-25(23,24)17-14-6-4-13(5-7-14)16(22)19-9-8-18(12(2)20)10-15(21)11-19/h4-7,15,17,21H,3,8-11H2,1-2H3/t15-/m0/s1. The lowest BCUT2D eigenvalue weighted by Crippen LogP contribution is -2.37. The van der Waals surface area contributed by atoms with Gasteiger partial charge >= 0.3 is 0 Å². The Labute approximate surface area is 147 Å². The highest BCUT2D eigenvalue weighted by Crippen LogP contribution is 2.15. The van der Waals surface area contributed by atoms with E-state index in [9.17, 15) is 23.1 Å². The van der Waals surface area contributed by atoms with Crippen molar-refractivity contribution in [2.24, 2.45) is 0 Å². The molecule has 0 bridgehead atoms. The Bertz CT molecular complexity index is 733. The van der Waals surface area contributed by atoms with Crippen molar-refractivity contribution in [3.05, 3.63) is 29.8 Å². The fraction of sp³-hybridized carbons (Fsp3) is 0.500. The summed E-state index contributed by atoms with van der Waals surface area (Å²) in [5, 5.41) is 10.0. The monoisotopic (exact) mass is 369 g/mol. The molecule has 0 spiro atoms. The Kier molecular flexibility index (Phi) is 6.02. The number of carbonyl (C=O) groups excluding carboxylic acids is 2. The lowest BCUT2D eigenvalue weighted by molar-refractivity contribution is -0.129. The molecule has 1 aromatic carbocycles. The molecule has 2 N–H and O–H groups in total. The maximum absolute atomic E-state index is 12.6. The molecular weight excluding hydrogens is 346 g/mol. The van der Waals surface area contributed by atoms with Gasteiger partial charge in [-0.15, -0.1) is 0 Å². The highest BCUT2D eigenvalue weighted by Gasteiger charge is 2.26. The van der Waals surface area contributed by atoms with Crippen LogP contribution in [0.5, 0.6) is 0 Å². The van der Waals surface area contributed by atoms with E-state index in [1.54, 1.807) is 0 Å². The summed E-state index contributed by atoms with van der Waals surface area (Å²) in [4.78, 5) is 27.1. The Hall–Kier alpha value is -2.13. The number of rotatable bonds is 4. The molecule has 1 aromatic rings. The summed E-state index contributed by atoms with van der Waals surface area (Å²) < 4.78 is 25.5. The number of amides is 2. The fourth-order valence-electron chi connectivity index (χ4n) is 2.58. The fourth-order valence-corrected chi connectivity index (χ4v) is 3.22. The Morgan fingerprint density at radius 2 is 1.72 bits per heavy atom. The average molecular weight is 369 g/mol. The molecule has 0 saturated carbocycles. The molecule has 9 heteroatoms. The van der Waals surface area contributed by atoms with Crippen molar-refractivity contribution in [3.8, 4) is 0 Å². The first-order valence-electron chi connectivity index (χ1n) is 8.05. The molecule has 1 atom stereocenters.